The zero-order valence-corrected chi connectivity index (χ0v) is 11.1. The Morgan fingerprint density at radius 2 is 1.95 bits per heavy atom. The van der Waals surface area contributed by atoms with E-state index in [0.29, 0.717) is 10.6 Å². The van der Waals surface area contributed by atoms with Crippen LogP contribution in [0.3, 0.4) is 0 Å². The topological polar surface area (TPSA) is 64.5 Å². The van der Waals surface area contributed by atoms with Crippen LogP contribution >= 0.6 is 11.3 Å². The number of nitrogens with zero attached hydrogens (tertiary/aromatic N) is 1. The van der Waals surface area contributed by atoms with Gasteiger partial charge in [-0.1, -0.05) is 0 Å². The zero-order valence-electron chi connectivity index (χ0n) is 10.3. The van der Waals surface area contributed by atoms with Gasteiger partial charge in [-0.2, -0.15) is 5.10 Å². The molecular formula is C13H9F2N2O2S-. The highest BCUT2D eigenvalue weighted by molar-refractivity contribution is 7.15. The Hall–Kier alpha value is -2.28. The molecule has 0 bridgehead atoms. The van der Waals surface area contributed by atoms with Gasteiger partial charge in [-0.05, 0) is 31.2 Å². The lowest BCUT2D eigenvalue weighted by Crippen LogP contribution is -2.20. The van der Waals surface area contributed by atoms with Gasteiger partial charge >= 0.3 is 0 Å². The van der Waals surface area contributed by atoms with Crippen molar-refractivity contribution in [2.75, 3.05) is 5.43 Å². The molecule has 0 aliphatic carbocycles. The van der Waals surface area contributed by atoms with E-state index in [2.05, 4.69) is 10.5 Å². The number of carboxylic acids is 1. The molecule has 0 radical (unpaired) electrons. The molecule has 1 aromatic carbocycles. The van der Waals surface area contributed by atoms with E-state index in [1.54, 1.807) is 13.0 Å². The van der Waals surface area contributed by atoms with E-state index < -0.39 is 17.6 Å². The van der Waals surface area contributed by atoms with Crippen LogP contribution in [-0.2, 0) is 0 Å². The summed E-state index contributed by atoms with van der Waals surface area (Å²) >= 11 is 1.00. The summed E-state index contributed by atoms with van der Waals surface area (Å²) < 4.78 is 26.1. The van der Waals surface area contributed by atoms with E-state index in [1.807, 2.05) is 0 Å². The third-order valence-corrected chi connectivity index (χ3v) is 3.61. The first-order valence-electron chi connectivity index (χ1n) is 5.54. The zero-order chi connectivity index (χ0) is 14.7. The molecule has 0 unspecified atom stereocenters. The molecular weight excluding hydrogens is 286 g/mol. The molecule has 1 N–H and O–H groups in total. The number of anilines is 1. The van der Waals surface area contributed by atoms with Gasteiger partial charge in [0.2, 0.25) is 0 Å². The largest absolute Gasteiger partial charge is 0.544 e. The van der Waals surface area contributed by atoms with Crippen LogP contribution < -0.4 is 10.5 Å². The minimum Gasteiger partial charge on any atom is -0.544 e. The Bertz CT molecular complexity index is 683. The minimum absolute atomic E-state index is 0.0300. The second-order valence-corrected chi connectivity index (χ2v) is 4.97. The first kappa shape index (κ1) is 14.1. The van der Waals surface area contributed by atoms with Crippen LogP contribution in [-0.4, -0.2) is 11.7 Å². The standard InChI is InChI=1S/C13H10F2N2O2S/c1-7(11-4-5-12(20-11)13(18)19)16-17-10-3-2-8(14)6-9(10)15/h2-6,17H,1H3,(H,18,19)/p-1/b16-7-. The highest BCUT2D eigenvalue weighted by Gasteiger charge is 2.05. The molecule has 2 aromatic rings. The summed E-state index contributed by atoms with van der Waals surface area (Å²) in [7, 11) is 0. The number of hydrogen-bond acceptors (Lipinski definition) is 5. The molecule has 0 saturated heterocycles. The minimum atomic E-state index is -1.26. The number of thiophene rings is 1. The molecule has 0 aliphatic heterocycles. The number of hydrazone groups is 1. The Morgan fingerprint density at radius 3 is 2.55 bits per heavy atom. The quantitative estimate of drug-likeness (QED) is 0.695. The predicted molar refractivity (Wildman–Crippen MR) is 70.8 cm³/mol. The van der Waals surface area contributed by atoms with Gasteiger partial charge in [-0.25, -0.2) is 8.78 Å². The molecule has 2 rings (SSSR count). The second-order valence-electron chi connectivity index (χ2n) is 3.88. The van der Waals surface area contributed by atoms with Gasteiger partial charge in [0.05, 0.1) is 27.1 Å². The summed E-state index contributed by atoms with van der Waals surface area (Å²) in [6, 6.07) is 6.06. The number of rotatable bonds is 4. The van der Waals surface area contributed by atoms with Crippen molar-refractivity contribution in [1.82, 2.24) is 0 Å². The van der Waals surface area contributed by atoms with Gasteiger partial charge in [0.15, 0.2) is 5.82 Å². The summed E-state index contributed by atoms with van der Waals surface area (Å²) in [5.74, 6) is -2.69. The lowest BCUT2D eigenvalue weighted by molar-refractivity contribution is -0.254. The van der Waals surface area contributed by atoms with Crippen molar-refractivity contribution in [1.29, 1.82) is 0 Å². The Morgan fingerprint density at radius 1 is 1.25 bits per heavy atom. The second kappa shape index (κ2) is 5.79. The van der Waals surface area contributed by atoms with Crippen LogP contribution in [0.4, 0.5) is 14.5 Å². The first-order chi connectivity index (χ1) is 9.47. The van der Waals surface area contributed by atoms with Crippen LogP contribution in [0.25, 0.3) is 0 Å². The van der Waals surface area contributed by atoms with Crippen LogP contribution in [0.5, 0.6) is 0 Å². The van der Waals surface area contributed by atoms with Crippen molar-refractivity contribution in [2.45, 2.75) is 6.92 Å². The van der Waals surface area contributed by atoms with E-state index >= 15 is 0 Å². The average Bonchev–Trinajstić information content (AvgIpc) is 2.87. The molecule has 0 spiro atoms. The summed E-state index contributed by atoms with van der Waals surface area (Å²) in [6.07, 6.45) is 0. The fourth-order valence-corrected chi connectivity index (χ4v) is 2.21. The molecule has 1 heterocycles. The first-order valence-corrected chi connectivity index (χ1v) is 6.36. The van der Waals surface area contributed by atoms with Crippen molar-refractivity contribution in [2.24, 2.45) is 5.10 Å². The number of benzene rings is 1. The third kappa shape index (κ3) is 3.18. The normalized spacial score (nSPS) is 11.4. The summed E-state index contributed by atoms with van der Waals surface area (Å²) in [5, 5.41) is 14.6. The van der Waals surface area contributed by atoms with Crippen LogP contribution in [0, 0.1) is 11.6 Å². The lowest BCUT2D eigenvalue weighted by atomic mass is 10.3. The molecule has 104 valence electrons. The van der Waals surface area contributed by atoms with Gasteiger partial charge in [0.1, 0.15) is 5.82 Å². The number of carboxylic acid groups (broad SMARTS) is 1. The maximum Gasteiger partial charge on any atom is 0.151 e. The molecule has 20 heavy (non-hydrogen) atoms. The molecule has 0 fully saturated rings. The van der Waals surface area contributed by atoms with E-state index in [9.17, 15) is 18.7 Å². The number of halogens is 2. The molecule has 4 nitrogen and oxygen atoms in total. The van der Waals surface area contributed by atoms with Crippen molar-refractivity contribution in [3.8, 4) is 0 Å². The highest BCUT2D eigenvalue weighted by Crippen LogP contribution is 2.18. The maximum absolute atomic E-state index is 13.4. The van der Waals surface area contributed by atoms with Crippen molar-refractivity contribution in [3.63, 3.8) is 0 Å². The summed E-state index contributed by atoms with van der Waals surface area (Å²) in [4.78, 5) is 11.3. The third-order valence-electron chi connectivity index (χ3n) is 2.44. The molecule has 0 saturated carbocycles. The van der Waals surface area contributed by atoms with Gasteiger partial charge in [-0.15, -0.1) is 11.3 Å². The van der Waals surface area contributed by atoms with E-state index in [0.717, 1.165) is 23.5 Å². The monoisotopic (exact) mass is 295 g/mol. The maximum atomic E-state index is 13.4. The lowest BCUT2D eigenvalue weighted by Gasteiger charge is -2.03. The van der Waals surface area contributed by atoms with Gasteiger partial charge in [0, 0.05) is 6.07 Å². The van der Waals surface area contributed by atoms with E-state index in [4.69, 9.17) is 0 Å². The number of aromatic carboxylic acids is 1. The van der Waals surface area contributed by atoms with E-state index in [1.165, 1.54) is 12.1 Å². The van der Waals surface area contributed by atoms with Crippen molar-refractivity contribution >= 4 is 28.7 Å². The SMILES string of the molecule is C/C(=N/Nc1ccc(F)cc1F)c1ccc(C(=O)[O-])s1. The van der Waals surface area contributed by atoms with Crippen LogP contribution in [0.15, 0.2) is 35.4 Å². The molecule has 1 aromatic heterocycles. The summed E-state index contributed by atoms with van der Waals surface area (Å²) in [5.41, 5.74) is 2.97. The summed E-state index contributed by atoms with van der Waals surface area (Å²) in [6.45, 7) is 1.64. The van der Waals surface area contributed by atoms with Crippen molar-refractivity contribution < 1.29 is 18.7 Å². The Balaban J connectivity index is 2.15. The number of carbonyl (C=O) groups excluding carboxylic acids is 1. The van der Waals surface area contributed by atoms with E-state index in [-0.39, 0.29) is 10.6 Å². The molecule has 7 heteroatoms. The van der Waals surface area contributed by atoms with Gasteiger partial charge in [-0.3, -0.25) is 5.43 Å². The molecule has 0 atom stereocenters. The number of carbonyl (C=O) groups is 1. The Kier molecular flexibility index (Phi) is 4.09. The predicted octanol–water partition coefficient (Wildman–Crippen LogP) is 2.23. The highest BCUT2D eigenvalue weighted by atomic mass is 32.1. The van der Waals surface area contributed by atoms with Crippen LogP contribution in [0.1, 0.15) is 21.5 Å². The number of nitrogens with one attached hydrogen (secondary N) is 1. The van der Waals surface area contributed by atoms with Gasteiger partial charge < -0.3 is 9.90 Å². The van der Waals surface area contributed by atoms with Gasteiger partial charge in [0.25, 0.3) is 0 Å². The smallest absolute Gasteiger partial charge is 0.151 e. The Labute approximate surface area is 117 Å². The molecule has 0 aliphatic rings. The van der Waals surface area contributed by atoms with Crippen molar-refractivity contribution in [3.05, 3.63) is 51.7 Å². The fraction of sp³-hybridized carbons (Fsp3) is 0.0769. The molecule has 0 amide bonds. The van der Waals surface area contributed by atoms with Crippen LogP contribution in [0.2, 0.25) is 0 Å². The average molecular weight is 295 g/mol. The number of hydrogen-bond donors (Lipinski definition) is 1. The fourth-order valence-electron chi connectivity index (χ4n) is 1.42.